The van der Waals surface area contributed by atoms with Crippen LogP contribution in [0.5, 0.6) is 11.5 Å². The molecule has 0 saturated heterocycles. The predicted molar refractivity (Wildman–Crippen MR) is 99.4 cm³/mol. The zero-order valence-electron chi connectivity index (χ0n) is 14.7. The number of rotatable bonds is 6. The summed E-state index contributed by atoms with van der Waals surface area (Å²) in [4.78, 5) is 1.81. The van der Waals surface area contributed by atoms with Crippen molar-refractivity contribution in [3.05, 3.63) is 64.8 Å². The fourth-order valence-corrected chi connectivity index (χ4v) is 3.08. The molecular formula is C20H19ClF3NO2. The van der Waals surface area contributed by atoms with Gasteiger partial charge in [0.2, 0.25) is 0 Å². The average molecular weight is 398 g/mol. The van der Waals surface area contributed by atoms with Crippen molar-refractivity contribution in [3.8, 4) is 11.5 Å². The number of aryl methyl sites for hydroxylation is 1. The minimum atomic E-state index is -4.43. The standard InChI is InChI=1S/C20H19ClF3NO2/c1-14-9-17(26-12-15-5-3-2-4-6-15)10-18(27-13-20(22,23)24)19(14)25-8-7-16(21)11-25/h2-6,9-11H,7-8,12-13H2,1H3. The summed E-state index contributed by atoms with van der Waals surface area (Å²) in [6, 6.07) is 12.8. The van der Waals surface area contributed by atoms with Crippen LogP contribution in [0.4, 0.5) is 18.9 Å². The van der Waals surface area contributed by atoms with E-state index in [-0.39, 0.29) is 5.75 Å². The van der Waals surface area contributed by atoms with E-state index in [0.29, 0.717) is 36.0 Å². The summed E-state index contributed by atoms with van der Waals surface area (Å²) in [7, 11) is 0. The molecule has 0 saturated carbocycles. The molecule has 0 aliphatic carbocycles. The number of ether oxygens (including phenoxy) is 2. The van der Waals surface area contributed by atoms with Crippen LogP contribution < -0.4 is 14.4 Å². The van der Waals surface area contributed by atoms with Gasteiger partial charge >= 0.3 is 6.18 Å². The van der Waals surface area contributed by atoms with Crippen molar-refractivity contribution in [2.45, 2.75) is 26.1 Å². The van der Waals surface area contributed by atoms with E-state index in [2.05, 4.69) is 0 Å². The molecule has 0 unspecified atom stereocenters. The van der Waals surface area contributed by atoms with Crippen molar-refractivity contribution in [2.24, 2.45) is 0 Å². The van der Waals surface area contributed by atoms with Gasteiger partial charge in [-0.15, -0.1) is 0 Å². The quantitative estimate of drug-likeness (QED) is 0.614. The lowest BCUT2D eigenvalue weighted by Gasteiger charge is -2.23. The van der Waals surface area contributed by atoms with Gasteiger partial charge in [0.15, 0.2) is 6.61 Å². The fraction of sp³-hybridized carbons (Fsp3) is 0.300. The molecule has 7 heteroatoms. The molecule has 2 aromatic rings. The normalized spacial score (nSPS) is 14.3. The topological polar surface area (TPSA) is 21.7 Å². The van der Waals surface area contributed by atoms with Gasteiger partial charge in [0, 0.05) is 30.3 Å². The van der Waals surface area contributed by atoms with Crippen LogP contribution in [0, 0.1) is 6.92 Å². The summed E-state index contributed by atoms with van der Waals surface area (Å²) >= 11 is 6.03. The van der Waals surface area contributed by atoms with Crippen LogP contribution >= 0.6 is 11.6 Å². The van der Waals surface area contributed by atoms with Gasteiger partial charge in [-0.2, -0.15) is 13.2 Å². The number of hydrogen-bond donors (Lipinski definition) is 0. The highest BCUT2D eigenvalue weighted by atomic mass is 35.5. The van der Waals surface area contributed by atoms with Crippen molar-refractivity contribution < 1.29 is 22.6 Å². The lowest BCUT2D eigenvalue weighted by atomic mass is 10.1. The second-order valence-corrected chi connectivity index (χ2v) is 6.77. The Morgan fingerprint density at radius 1 is 1.11 bits per heavy atom. The molecule has 0 fully saturated rings. The Morgan fingerprint density at radius 3 is 2.48 bits per heavy atom. The Hall–Kier alpha value is -2.34. The molecule has 3 nitrogen and oxygen atoms in total. The molecule has 0 atom stereocenters. The van der Waals surface area contributed by atoms with Gasteiger partial charge in [-0.25, -0.2) is 0 Å². The Labute approximate surface area is 160 Å². The molecule has 0 bridgehead atoms. The highest BCUT2D eigenvalue weighted by Crippen LogP contribution is 2.39. The molecule has 0 amide bonds. The molecule has 144 valence electrons. The van der Waals surface area contributed by atoms with Crippen LogP contribution in [-0.4, -0.2) is 19.3 Å². The first-order valence-electron chi connectivity index (χ1n) is 8.45. The van der Waals surface area contributed by atoms with Crippen molar-refractivity contribution in [1.82, 2.24) is 0 Å². The molecule has 27 heavy (non-hydrogen) atoms. The maximum absolute atomic E-state index is 12.7. The molecule has 0 aromatic heterocycles. The Kier molecular flexibility index (Phi) is 5.85. The largest absolute Gasteiger partial charge is 0.489 e. The van der Waals surface area contributed by atoms with Crippen LogP contribution in [0.2, 0.25) is 0 Å². The molecule has 2 aromatic carbocycles. The Morgan fingerprint density at radius 2 is 1.85 bits per heavy atom. The van der Waals surface area contributed by atoms with Gasteiger partial charge in [0.25, 0.3) is 0 Å². The van der Waals surface area contributed by atoms with Crippen LogP contribution in [-0.2, 0) is 6.61 Å². The molecule has 3 rings (SSSR count). The van der Waals surface area contributed by atoms with E-state index in [1.165, 1.54) is 6.07 Å². The SMILES string of the molecule is Cc1cc(OCc2ccccc2)cc(OCC(F)(F)F)c1N1C=C(Cl)CC1. The van der Waals surface area contributed by atoms with E-state index in [0.717, 1.165) is 11.1 Å². The zero-order valence-corrected chi connectivity index (χ0v) is 15.5. The zero-order chi connectivity index (χ0) is 19.4. The third-order valence-corrected chi connectivity index (χ3v) is 4.34. The highest BCUT2D eigenvalue weighted by molar-refractivity contribution is 6.30. The van der Waals surface area contributed by atoms with E-state index in [1.807, 2.05) is 42.2 Å². The number of nitrogens with zero attached hydrogens (tertiary/aromatic N) is 1. The first-order chi connectivity index (χ1) is 12.8. The predicted octanol–water partition coefficient (Wildman–Crippen LogP) is 5.81. The molecule has 0 N–H and O–H groups in total. The number of halogens is 4. The molecular weight excluding hydrogens is 379 g/mol. The molecule has 1 aliphatic heterocycles. The van der Waals surface area contributed by atoms with Gasteiger partial charge in [-0.1, -0.05) is 41.9 Å². The van der Waals surface area contributed by atoms with Crippen molar-refractivity contribution in [3.63, 3.8) is 0 Å². The fourth-order valence-electron chi connectivity index (χ4n) is 2.88. The van der Waals surface area contributed by atoms with Crippen molar-refractivity contribution in [1.29, 1.82) is 0 Å². The van der Waals surface area contributed by atoms with Crippen molar-refractivity contribution >= 4 is 17.3 Å². The number of hydrogen-bond acceptors (Lipinski definition) is 3. The number of benzene rings is 2. The monoisotopic (exact) mass is 397 g/mol. The Bertz CT molecular complexity index is 822. The smallest absolute Gasteiger partial charge is 0.422 e. The molecule has 1 heterocycles. The summed E-state index contributed by atoms with van der Waals surface area (Å²) in [6.07, 6.45) is -2.06. The lowest BCUT2D eigenvalue weighted by Crippen LogP contribution is -2.21. The van der Waals surface area contributed by atoms with Crippen molar-refractivity contribution in [2.75, 3.05) is 18.1 Å². The van der Waals surface area contributed by atoms with E-state index in [4.69, 9.17) is 21.1 Å². The second kappa shape index (κ2) is 8.13. The van der Waals surface area contributed by atoms with Crippen LogP contribution in [0.1, 0.15) is 17.5 Å². The summed E-state index contributed by atoms with van der Waals surface area (Å²) in [5.41, 5.74) is 2.29. The van der Waals surface area contributed by atoms with Gasteiger partial charge in [-0.05, 0) is 24.1 Å². The molecule has 0 radical (unpaired) electrons. The van der Waals surface area contributed by atoms with Gasteiger partial charge in [0.1, 0.15) is 18.1 Å². The second-order valence-electron chi connectivity index (χ2n) is 6.28. The number of alkyl halides is 3. The average Bonchev–Trinajstić information content (AvgIpc) is 3.04. The first kappa shape index (κ1) is 19.4. The van der Waals surface area contributed by atoms with Crippen LogP contribution in [0.15, 0.2) is 53.7 Å². The van der Waals surface area contributed by atoms with Gasteiger partial charge < -0.3 is 14.4 Å². The number of anilines is 1. The molecule has 1 aliphatic rings. The van der Waals surface area contributed by atoms with E-state index >= 15 is 0 Å². The maximum atomic E-state index is 12.7. The van der Waals surface area contributed by atoms with E-state index in [9.17, 15) is 13.2 Å². The summed E-state index contributed by atoms with van der Waals surface area (Å²) in [6.45, 7) is 1.35. The summed E-state index contributed by atoms with van der Waals surface area (Å²) < 4.78 is 48.9. The highest BCUT2D eigenvalue weighted by Gasteiger charge is 2.30. The van der Waals surface area contributed by atoms with Gasteiger partial charge in [0.05, 0.1) is 5.69 Å². The minimum absolute atomic E-state index is 0.123. The third kappa shape index (κ3) is 5.32. The maximum Gasteiger partial charge on any atom is 0.422 e. The first-order valence-corrected chi connectivity index (χ1v) is 8.83. The lowest BCUT2D eigenvalue weighted by molar-refractivity contribution is -0.153. The Balaban J connectivity index is 1.86. The van der Waals surface area contributed by atoms with Crippen LogP contribution in [0.3, 0.4) is 0 Å². The van der Waals surface area contributed by atoms with Crippen LogP contribution in [0.25, 0.3) is 0 Å². The van der Waals surface area contributed by atoms with E-state index < -0.39 is 12.8 Å². The molecule has 0 spiro atoms. The third-order valence-electron chi connectivity index (χ3n) is 4.05. The van der Waals surface area contributed by atoms with Gasteiger partial charge in [-0.3, -0.25) is 0 Å². The summed E-state index contributed by atoms with van der Waals surface area (Å²) in [5.74, 6) is 0.574. The minimum Gasteiger partial charge on any atom is -0.489 e. The van der Waals surface area contributed by atoms with E-state index in [1.54, 1.807) is 12.3 Å². The summed E-state index contributed by atoms with van der Waals surface area (Å²) in [5, 5.41) is 0.653.